The summed E-state index contributed by atoms with van der Waals surface area (Å²) >= 11 is 0. The number of carbonyl (C=O) groups is 1. The van der Waals surface area contributed by atoms with E-state index in [1.54, 1.807) is 4.90 Å². The summed E-state index contributed by atoms with van der Waals surface area (Å²) in [5.74, 6) is -2.01. The SMILES string of the molecule is CC1CCCN(C(=O)c2cccc(F)c2F)C1. The van der Waals surface area contributed by atoms with Gasteiger partial charge in [-0.2, -0.15) is 0 Å². The van der Waals surface area contributed by atoms with Crippen LogP contribution in [-0.2, 0) is 0 Å². The zero-order valence-electron chi connectivity index (χ0n) is 9.75. The number of nitrogens with zero attached hydrogens (tertiary/aromatic N) is 1. The molecule has 0 spiro atoms. The minimum absolute atomic E-state index is 0.167. The molecule has 1 heterocycles. The normalized spacial score (nSPS) is 20.4. The Morgan fingerprint density at radius 2 is 2.18 bits per heavy atom. The molecule has 1 fully saturated rings. The second-order valence-corrected chi connectivity index (χ2v) is 4.60. The van der Waals surface area contributed by atoms with Gasteiger partial charge in [0.05, 0.1) is 5.56 Å². The molecule has 0 aliphatic carbocycles. The molecule has 0 bridgehead atoms. The van der Waals surface area contributed by atoms with Crippen LogP contribution in [0.25, 0.3) is 0 Å². The van der Waals surface area contributed by atoms with Crippen molar-refractivity contribution in [2.75, 3.05) is 13.1 Å². The lowest BCUT2D eigenvalue weighted by Crippen LogP contribution is -2.39. The Balaban J connectivity index is 2.22. The predicted molar refractivity (Wildman–Crippen MR) is 60.7 cm³/mol. The minimum Gasteiger partial charge on any atom is -0.338 e. The van der Waals surface area contributed by atoms with Crippen LogP contribution in [0.1, 0.15) is 30.1 Å². The fourth-order valence-corrected chi connectivity index (χ4v) is 2.21. The maximum Gasteiger partial charge on any atom is 0.256 e. The highest BCUT2D eigenvalue weighted by Gasteiger charge is 2.24. The van der Waals surface area contributed by atoms with Gasteiger partial charge in [-0.1, -0.05) is 13.0 Å². The third-order valence-corrected chi connectivity index (χ3v) is 3.13. The van der Waals surface area contributed by atoms with Crippen LogP contribution in [0.15, 0.2) is 18.2 Å². The van der Waals surface area contributed by atoms with Crippen molar-refractivity contribution in [3.05, 3.63) is 35.4 Å². The van der Waals surface area contributed by atoms with E-state index in [4.69, 9.17) is 0 Å². The van der Waals surface area contributed by atoms with E-state index < -0.39 is 17.5 Å². The van der Waals surface area contributed by atoms with E-state index in [0.717, 1.165) is 18.9 Å². The maximum atomic E-state index is 13.5. The van der Waals surface area contributed by atoms with Gasteiger partial charge in [0.25, 0.3) is 5.91 Å². The van der Waals surface area contributed by atoms with Crippen LogP contribution in [0.4, 0.5) is 8.78 Å². The average molecular weight is 239 g/mol. The smallest absolute Gasteiger partial charge is 0.256 e. The van der Waals surface area contributed by atoms with Crippen molar-refractivity contribution in [1.29, 1.82) is 0 Å². The fourth-order valence-electron chi connectivity index (χ4n) is 2.21. The maximum absolute atomic E-state index is 13.5. The molecule has 92 valence electrons. The largest absolute Gasteiger partial charge is 0.338 e. The molecule has 1 aliphatic rings. The van der Waals surface area contributed by atoms with Gasteiger partial charge in [0.15, 0.2) is 11.6 Å². The van der Waals surface area contributed by atoms with Crippen molar-refractivity contribution in [2.24, 2.45) is 5.92 Å². The number of benzene rings is 1. The number of hydrogen-bond acceptors (Lipinski definition) is 1. The molecule has 1 unspecified atom stereocenters. The van der Waals surface area contributed by atoms with Crippen LogP contribution in [0.5, 0.6) is 0 Å². The Labute approximate surface area is 99.2 Å². The molecule has 0 saturated carbocycles. The third kappa shape index (κ3) is 2.46. The number of amides is 1. The summed E-state index contributed by atoms with van der Waals surface area (Å²) in [4.78, 5) is 13.6. The molecule has 0 aromatic heterocycles. The van der Waals surface area contributed by atoms with Gasteiger partial charge in [0.2, 0.25) is 0 Å². The number of carbonyl (C=O) groups excluding carboxylic acids is 1. The van der Waals surface area contributed by atoms with Crippen LogP contribution in [-0.4, -0.2) is 23.9 Å². The predicted octanol–water partition coefficient (Wildman–Crippen LogP) is 2.84. The van der Waals surface area contributed by atoms with Crippen molar-refractivity contribution in [2.45, 2.75) is 19.8 Å². The summed E-state index contributed by atoms with van der Waals surface area (Å²) in [5, 5.41) is 0. The first-order valence-corrected chi connectivity index (χ1v) is 5.83. The van der Waals surface area contributed by atoms with Crippen molar-refractivity contribution in [3.8, 4) is 0 Å². The van der Waals surface area contributed by atoms with E-state index >= 15 is 0 Å². The molecule has 0 radical (unpaired) electrons. The quantitative estimate of drug-likeness (QED) is 0.738. The minimum atomic E-state index is -1.05. The number of hydrogen-bond donors (Lipinski definition) is 0. The Hall–Kier alpha value is -1.45. The molecular weight excluding hydrogens is 224 g/mol. The molecule has 4 heteroatoms. The second kappa shape index (κ2) is 4.82. The summed E-state index contributed by atoms with van der Waals surface area (Å²) in [7, 11) is 0. The molecular formula is C13H15F2NO. The first-order valence-electron chi connectivity index (χ1n) is 5.83. The lowest BCUT2D eigenvalue weighted by atomic mass is 9.99. The summed E-state index contributed by atoms with van der Waals surface area (Å²) in [6, 6.07) is 3.71. The van der Waals surface area contributed by atoms with Gasteiger partial charge in [-0.05, 0) is 30.9 Å². The molecule has 17 heavy (non-hydrogen) atoms. The van der Waals surface area contributed by atoms with Gasteiger partial charge >= 0.3 is 0 Å². The van der Waals surface area contributed by atoms with Gasteiger partial charge in [-0.25, -0.2) is 8.78 Å². The molecule has 2 nitrogen and oxygen atoms in total. The summed E-state index contributed by atoms with van der Waals surface area (Å²) < 4.78 is 26.5. The van der Waals surface area contributed by atoms with Crippen LogP contribution in [0.3, 0.4) is 0 Å². The van der Waals surface area contributed by atoms with Crippen molar-refractivity contribution >= 4 is 5.91 Å². The van der Waals surface area contributed by atoms with Gasteiger partial charge in [-0.15, -0.1) is 0 Å². The Bertz CT molecular complexity index is 433. The molecule has 1 aliphatic heterocycles. The van der Waals surface area contributed by atoms with E-state index in [1.165, 1.54) is 12.1 Å². The van der Waals surface area contributed by atoms with E-state index in [-0.39, 0.29) is 5.56 Å². The molecule has 0 N–H and O–H groups in total. The summed E-state index contributed by atoms with van der Waals surface area (Å²) in [5.41, 5.74) is -0.167. The molecule has 1 aromatic rings. The van der Waals surface area contributed by atoms with Crippen LogP contribution >= 0.6 is 0 Å². The first kappa shape index (κ1) is 12.0. The van der Waals surface area contributed by atoms with Gasteiger partial charge < -0.3 is 4.90 Å². The molecule has 1 saturated heterocycles. The van der Waals surface area contributed by atoms with Crippen LogP contribution in [0.2, 0.25) is 0 Å². The lowest BCUT2D eigenvalue weighted by Gasteiger charge is -2.31. The van der Waals surface area contributed by atoms with Crippen LogP contribution < -0.4 is 0 Å². The average Bonchev–Trinajstić information content (AvgIpc) is 2.32. The zero-order valence-corrected chi connectivity index (χ0v) is 9.75. The van der Waals surface area contributed by atoms with E-state index in [9.17, 15) is 13.6 Å². The van der Waals surface area contributed by atoms with Crippen molar-refractivity contribution in [1.82, 2.24) is 4.90 Å². The second-order valence-electron chi connectivity index (χ2n) is 4.60. The molecule has 1 atom stereocenters. The van der Waals surface area contributed by atoms with Crippen molar-refractivity contribution < 1.29 is 13.6 Å². The monoisotopic (exact) mass is 239 g/mol. The number of piperidine rings is 1. The molecule has 2 rings (SSSR count). The number of rotatable bonds is 1. The first-order chi connectivity index (χ1) is 8.09. The zero-order chi connectivity index (χ0) is 12.4. The standard InChI is InChI=1S/C13H15F2NO/c1-9-4-3-7-16(8-9)13(17)10-5-2-6-11(14)12(10)15/h2,5-6,9H,3-4,7-8H2,1H3. The highest BCUT2D eigenvalue weighted by molar-refractivity contribution is 5.94. The number of halogens is 2. The summed E-state index contributed by atoms with van der Waals surface area (Å²) in [6.07, 6.45) is 2.00. The van der Waals surface area contributed by atoms with E-state index in [0.29, 0.717) is 19.0 Å². The van der Waals surface area contributed by atoms with Crippen LogP contribution in [0, 0.1) is 17.6 Å². The highest BCUT2D eigenvalue weighted by Crippen LogP contribution is 2.20. The number of likely N-dealkylation sites (tertiary alicyclic amines) is 1. The fraction of sp³-hybridized carbons (Fsp3) is 0.462. The van der Waals surface area contributed by atoms with Crippen molar-refractivity contribution in [3.63, 3.8) is 0 Å². The lowest BCUT2D eigenvalue weighted by molar-refractivity contribution is 0.0677. The highest BCUT2D eigenvalue weighted by atomic mass is 19.2. The van der Waals surface area contributed by atoms with E-state index in [1.807, 2.05) is 0 Å². The topological polar surface area (TPSA) is 20.3 Å². The Morgan fingerprint density at radius 3 is 2.88 bits per heavy atom. The molecule has 1 aromatic carbocycles. The van der Waals surface area contributed by atoms with E-state index in [2.05, 4.69) is 6.92 Å². The van der Waals surface area contributed by atoms with Gasteiger partial charge in [0, 0.05) is 13.1 Å². The molecule has 1 amide bonds. The summed E-state index contributed by atoms with van der Waals surface area (Å²) in [6.45, 7) is 3.30. The Morgan fingerprint density at radius 1 is 1.41 bits per heavy atom. The van der Waals surface area contributed by atoms with Gasteiger partial charge in [-0.3, -0.25) is 4.79 Å². The van der Waals surface area contributed by atoms with Gasteiger partial charge in [0.1, 0.15) is 0 Å². The Kier molecular flexibility index (Phi) is 3.41. The third-order valence-electron chi connectivity index (χ3n) is 3.13.